The van der Waals surface area contributed by atoms with Crippen LogP contribution in [0.1, 0.15) is 11.1 Å². The Morgan fingerprint density at radius 1 is 1.14 bits per heavy atom. The van der Waals surface area contributed by atoms with Gasteiger partial charge in [0.15, 0.2) is 5.75 Å². The van der Waals surface area contributed by atoms with E-state index in [1.54, 1.807) is 6.07 Å². The Morgan fingerprint density at radius 3 is 2.48 bits per heavy atom. The maximum atomic E-state index is 12.7. The number of nitrogens with two attached hydrogens (primary N) is 1. The Morgan fingerprint density at radius 2 is 1.86 bits per heavy atom. The van der Waals surface area contributed by atoms with Gasteiger partial charge in [-0.15, -0.1) is 0 Å². The Hall–Kier alpha value is -2.39. The highest BCUT2D eigenvalue weighted by Gasteiger charge is 2.33. The fraction of sp³-hybridized carbons (Fsp3) is 0.0714. The highest BCUT2D eigenvalue weighted by atomic mass is 35.5. The van der Waals surface area contributed by atoms with Gasteiger partial charge in [0.05, 0.1) is 22.9 Å². The lowest BCUT2D eigenvalue weighted by molar-refractivity contribution is -0.137. The van der Waals surface area contributed by atoms with Crippen LogP contribution in [-0.2, 0) is 6.18 Å². The maximum Gasteiger partial charge on any atom is 0.417 e. The zero-order valence-corrected chi connectivity index (χ0v) is 11.2. The number of halogens is 4. The second-order valence-corrected chi connectivity index (χ2v) is 4.54. The number of nitrogen functional groups attached to an aromatic ring is 1. The first-order valence-electron chi connectivity index (χ1n) is 5.65. The standard InChI is InChI=1S/C14H8ClF3N2O/c15-9-1-4-12(20)13(6-9)21-10-2-3-11(14(16,17)18)8(5-10)7-19/h1-6H,20H2. The molecule has 0 aromatic heterocycles. The van der Waals surface area contributed by atoms with Crippen molar-refractivity contribution in [2.24, 2.45) is 0 Å². The molecule has 2 rings (SSSR count). The third-order valence-corrected chi connectivity index (χ3v) is 2.86. The molecule has 0 aliphatic rings. The SMILES string of the molecule is N#Cc1cc(Oc2cc(Cl)ccc2N)ccc1C(F)(F)F. The summed E-state index contributed by atoms with van der Waals surface area (Å²) in [5.74, 6) is 0.264. The van der Waals surface area contributed by atoms with Gasteiger partial charge < -0.3 is 10.5 Å². The molecule has 0 aliphatic carbocycles. The zero-order valence-electron chi connectivity index (χ0n) is 10.4. The summed E-state index contributed by atoms with van der Waals surface area (Å²) in [7, 11) is 0. The summed E-state index contributed by atoms with van der Waals surface area (Å²) in [4.78, 5) is 0. The van der Waals surface area contributed by atoms with Crippen molar-refractivity contribution in [3.8, 4) is 17.6 Å². The Kier molecular flexibility index (Phi) is 3.96. The molecule has 0 amide bonds. The number of nitriles is 1. The first kappa shape index (κ1) is 15.0. The summed E-state index contributed by atoms with van der Waals surface area (Å²) in [6, 6.07) is 8.89. The molecule has 3 nitrogen and oxygen atoms in total. The minimum absolute atomic E-state index is 0.0634. The van der Waals surface area contributed by atoms with Crippen molar-refractivity contribution in [2.45, 2.75) is 6.18 Å². The number of hydrogen-bond acceptors (Lipinski definition) is 3. The van der Waals surface area contributed by atoms with E-state index in [2.05, 4.69) is 0 Å². The van der Waals surface area contributed by atoms with Gasteiger partial charge in [0.1, 0.15) is 5.75 Å². The van der Waals surface area contributed by atoms with E-state index in [-0.39, 0.29) is 17.2 Å². The van der Waals surface area contributed by atoms with Crippen molar-refractivity contribution in [3.05, 3.63) is 52.5 Å². The van der Waals surface area contributed by atoms with Crippen LogP contribution >= 0.6 is 11.6 Å². The van der Waals surface area contributed by atoms with E-state index in [9.17, 15) is 13.2 Å². The van der Waals surface area contributed by atoms with Gasteiger partial charge in [-0.2, -0.15) is 18.4 Å². The van der Waals surface area contributed by atoms with Gasteiger partial charge in [0.2, 0.25) is 0 Å². The normalized spacial score (nSPS) is 11.0. The first-order valence-corrected chi connectivity index (χ1v) is 6.03. The van der Waals surface area contributed by atoms with Gasteiger partial charge >= 0.3 is 6.18 Å². The van der Waals surface area contributed by atoms with Gasteiger partial charge in [-0.1, -0.05) is 11.6 Å². The van der Waals surface area contributed by atoms with Crippen LogP contribution in [0.25, 0.3) is 0 Å². The van der Waals surface area contributed by atoms with E-state index in [4.69, 9.17) is 27.3 Å². The van der Waals surface area contributed by atoms with Crippen molar-refractivity contribution in [2.75, 3.05) is 5.73 Å². The summed E-state index contributed by atoms with van der Waals surface area (Å²) >= 11 is 5.79. The average molecular weight is 313 g/mol. The molecule has 0 bridgehead atoms. The molecule has 0 saturated carbocycles. The van der Waals surface area contributed by atoms with Gasteiger partial charge in [-0.3, -0.25) is 0 Å². The monoisotopic (exact) mass is 312 g/mol. The summed E-state index contributed by atoms with van der Waals surface area (Å²) < 4.78 is 43.4. The number of hydrogen-bond donors (Lipinski definition) is 1. The van der Waals surface area contributed by atoms with Crippen LogP contribution in [0, 0.1) is 11.3 Å². The van der Waals surface area contributed by atoms with Crippen molar-refractivity contribution in [1.82, 2.24) is 0 Å². The van der Waals surface area contributed by atoms with Crippen LogP contribution in [0.2, 0.25) is 5.02 Å². The number of nitrogens with zero attached hydrogens (tertiary/aromatic N) is 1. The lowest BCUT2D eigenvalue weighted by atomic mass is 10.1. The molecule has 2 aromatic rings. The Labute approximate surface area is 123 Å². The van der Waals surface area contributed by atoms with Crippen LogP contribution in [0.4, 0.5) is 18.9 Å². The number of ether oxygens (including phenoxy) is 1. The molecule has 108 valence electrons. The lowest BCUT2D eigenvalue weighted by Gasteiger charge is -2.12. The van der Waals surface area contributed by atoms with Crippen LogP contribution in [0.15, 0.2) is 36.4 Å². The molecule has 0 radical (unpaired) electrons. The zero-order chi connectivity index (χ0) is 15.6. The largest absolute Gasteiger partial charge is 0.455 e. The van der Waals surface area contributed by atoms with Crippen LogP contribution in [0.5, 0.6) is 11.5 Å². The van der Waals surface area contributed by atoms with Crippen molar-refractivity contribution in [1.29, 1.82) is 5.26 Å². The van der Waals surface area contributed by atoms with E-state index in [1.807, 2.05) is 0 Å². The number of anilines is 1. The number of alkyl halides is 3. The summed E-state index contributed by atoms with van der Waals surface area (Å²) in [6.07, 6.45) is -4.60. The first-order chi connectivity index (χ1) is 9.81. The van der Waals surface area contributed by atoms with Crippen LogP contribution in [0.3, 0.4) is 0 Å². The van der Waals surface area contributed by atoms with E-state index in [1.165, 1.54) is 18.2 Å². The third-order valence-electron chi connectivity index (χ3n) is 2.62. The number of rotatable bonds is 2. The van der Waals surface area contributed by atoms with Crippen molar-refractivity contribution >= 4 is 17.3 Å². The number of benzene rings is 2. The Balaban J connectivity index is 2.39. The fourth-order valence-electron chi connectivity index (χ4n) is 1.65. The maximum absolute atomic E-state index is 12.7. The second kappa shape index (κ2) is 5.54. The fourth-order valence-corrected chi connectivity index (χ4v) is 1.81. The summed E-state index contributed by atoms with van der Waals surface area (Å²) in [5.41, 5.74) is 4.41. The Bertz CT molecular complexity index is 723. The molecule has 21 heavy (non-hydrogen) atoms. The van der Waals surface area contributed by atoms with Crippen molar-refractivity contribution in [3.63, 3.8) is 0 Å². The third kappa shape index (κ3) is 3.38. The molecule has 2 N–H and O–H groups in total. The van der Waals surface area contributed by atoms with Gasteiger partial charge in [0, 0.05) is 11.1 Å². The highest BCUT2D eigenvalue weighted by Crippen LogP contribution is 2.35. The molecule has 0 heterocycles. The van der Waals surface area contributed by atoms with E-state index in [0.29, 0.717) is 5.02 Å². The molecular weight excluding hydrogens is 305 g/mol. The predicted octanol–water partition coefficient (Wildman–Crippen LogP) is 4.60. The molecular formula is C14H8ClF3N2O. The van der Waals surface area contributed by atoms with Crippen LogP contribution in [-0.4, -0.2) is 0 Å². The summed E-state index contributed by atoms with van der Waals surface area (Å²) in [6.45, 7) is 0. The van der Waals surface area contributed by atoms with Gasteiger partial charge in [-0.05, 0) is 30.3 Å². The van der Waals surface area contributed by atoms with E-state index >= 15 is 0 Å². The molecule has 2 aromatic carbocycles. The molecule has 0 fully saturated rings. The topological polar surface area (TPSA) is 59.0 Å². The predicted molar refractivity (Wildman–Crippen MR) is 72.1 cm³/mol. The molecule has 0 spiro atoms. The van der Waals surface area contributed by atoms with Gasteiger partial charge in [-0.25, -0.2) is 0 Å². The van der Waals surface area contributed by atoms with E-state index in [0.717, 1.165) is 18.2 Å². The van der Waals surface area contributed by atoms with Crippen molar-refractivity contribution < 1.29 is 17.9 Å². The van der Waals surface area contributed by atoms with E-state index < -0.39 is 17.3 Å². The molecule has 0 aliphatic heterocycles. The smallest absolute Gasteiger partial charge is 0.417 e. The average Bonchev–Trinajstić information content (AvgIpc) is 2.41. The van der Waals surface area contributed by atoms with Gasteiger partial charge in [0.25, 0.3) is 0 Å². The minimum Gasteiger partial charge on any atom is -0.455 e. The quantitative estimate of drug-likeness (QED) is 0.824. The molecule has 0 unspecified atom stereocenters. The molecule has 0 saturated heterocycles. The minimum atomic E-state index is -4.60. The molecule has 7 heteroatoms. The second-order valence-electron chi connectivity index (χ2n) is 4.10. The van der Waals surface area contributed by atoms with Crippen LogP contribution < -0.4 is 10.5 Å². The summed E-state index contributed by atoms with van der Waals surface area (Å²) in [5, 5.41) is 9.19. The molecule has 0 atom stereocenters. The highest BCUT2D eigenvalue weighted by molar-refractivity contribution is 6.30. The lowest BCUT2D eigenvalue weighted by Crippen LogP contribution is -2.07.